The van der Waals surface area contributed by atoms with Crippen molar-refractivity contribution in [1.29, 1.82) is 0 Å². The second kappa shape index (κ2) is 5.79. The predicted molar refractivity (Wildman–Crippen MR) is 53.1 cm³/mol. The molecule has 86 valence electrons. The number of aliphatic hydroxyl groups excluding tert-OH is 1. The van der Waals surface area contributed by atoms with E-state index in [9.17, 15) is 5.11 Å². The third kappa shape index (κ3) is 3.58. The van der Waals surface area contributed by atoms with E-state index in [0.717, 1.165) is 0 Å². The number of hydrogen-bond donors (Lipinski definition) is 2. The third-order valence-corrected chi connectivity index (χ3v) is 1.96. The zero-order valence-electron chi connectivity index (χ0n) is 9.01. The zero-order chi connectivity index (χ0) is 11.3. The lowest BCUT2D eigenvalue weighted by Crippen LogP contribution is -2.23. The van der Waals surface area contributed by atoms with Crippen molar-refractivity contribution < 1.29 is 14.4 Å². The van der Waals surface area contributed by atoms with E-state index in [1.165, 1.54) is 0 Å². The summed E-state index contributed by atoms with van der Waals surface area (Å²) in [6.45, 7) is 4.72. The number of rotatable bonds is 6. The maximum Gasteiger partial charge on any atom is 0.246 e. The number of nitrogens with zero attached hydrogens (tertiary/aromatic N) is 2. The molecule has 0 aliphatic heterocycles. The van der Waals surface area contributed by atoms with Crippen LogP contribution in [0.5, 0.6) is 0 Å². The van der Waals surface area contributed by atoms with Crippen LogP contribution in [-0.2, 0) is 11.2 Å². The summed E-state index contributed by atoms with van der Waals surface area (Å²) in [4.78, 5) is 4.06. The second-order valence-corrected chi connectivity index (χ2v) is 3.26. The van der Waals surface area contributed by atoms with Gasteiger partial charge in [0.2, 0.25) is 5.89 Å². The van der Waals surface area contributed by atoms with Gasteiger partial charge in [-0.3, -0.25) is 0 Å². The van der Waals surface area contributed by atoms with E-state index < -0.39 is 12.1 Å². The Kier molecular flexibility index (Phi) is 4.67. The molecule has 6 heteroatoms. The average Bonchev–Trinajstić information content (AvgIpc) is 2.65. The lowest BCUT2D eigenvalue weighted by molar-refractivity contribution is 0.145. The van der Waals surface area contributed by atoms with Gasteiger partial charge in [0.1, 0.15) is 6.04 Å². The average molecular weight is 215 g/mol. The molecule has 15 heavy (non-hydrogen) atoms. The van der Waals surface area contributed by atoms with Gasteiger partial charge in [-0.1, -0.05) is 5.16 Å². The van der Waals surface area contributed by atoms with Crippen molar-refractivity contribution in [3.05, 3.63) is 11.7 Å². The van der Waals surface area contributed by atoms with Gasteiger partial charge in [-0.15, -0.1) is 0 Å². The molecular weight excluding hydrogens is 198 g/mol. The Morgan fingerprint density at radius 2 is 2.33 bits per heavy atom. The fourth-order valence-electron chi connectivity index (χ4n) is 1.02. The van der Waals surface area contributed by atoms with E-state index in [2.05, 4.69) is 10.1 Å². The Labute approximate surface area is 88.4 Å². The first-order chi connectivity index (χ1) is 7.15. The van der Waals surface area contributed by atoms with Gasteiger partial charge in [0.05, 0.1) is 12.7 Å². The van der Waals surface area contributed by atoms with E-state index in [1.54, 1.807) is 6.92 Å². The summed E-state index contributed by atoms with van der Waals surface area (Å²) in [6.07, 6.45) is -0.116. The van der Waals surface area contributed by atoms with Gasteiger partial charge < -0.3 is 20.1 Å². The Bertz CT molecular complexity index is 288. The van der Waals surface area contributed by atoms with Crippen molar-refractivity contribution in [3.8, 4) is 0 Å². The lowest BCUT2D eigenvalue weighted by Gasteiger charge is -2.08. The highest BCUT2D eigenvalue weighted by Crippen LogP contribution is 2.11. The van der Waals surface area contributed by atoms with E-state index in [4.69, 9.17) is 15.0 Å². The molecule has 2 atom stereocenters. The Balaban J connectivity index is 2.48. The molecule has 0 aliphatic rings. The maximum atomic E-state index is 9.22. The van der Waals surface area contributed by atoms with Crippen molar-refractivity contribution in [2.45, 2.75) is 32.4 Å². The van der Waals surface area contributed by atoms with Crippen LogP contribution in [0, 0.1) is 0 Å². The number of nitrogens with two attached hydrogens (primary N) is 1. The molecule has 0 saturated carbocycles. The molecule has 1 heterocycles. The van der Waals surface area contributed by atoms with Gasteiger partial charge in [-0.2, -0.15) is 4.98 Å². The molecule has 0 spiro atoms. The van der Waals surface area contributed by atoms with Crippen molar-refractivity contribution in [1.82, 2.24) is 10.1 Å². The minimum atomic E-state index is -0.704. The zero-order valence-corrected chi connectivity index (χ0v) is 9.01. The molecule has 0 aromatic carbocycles. The second-order valence-electron chi connectivity index (χ2n) is 3.26. The Hall–Kier alpha value is -0.980. The first-order valence-electron chi connectivity index (χ1n) is 4.99. The van der Waals surface area contributed by atoms with Crippen LogP contribution in [0.25, 0.3) is 0 Å². The van der Waals surface area contributed by atoms with E-state index >= 15 is 0 Å². The molecule has 2 unspecified atom stereocenters. The van der Waals surface area contributed by atoms with Crippen LogP contribution < -0.4 is 5.73 Å². The molecule has 6 nitrogen and oxygen atoms in total. The summed E-state index contributed by atoms with van der Waals surface area (Å²) < 4.78 is 10.1. The topological polar surface area (TPSA) is 94.4 Å². The molecule has 1 rings (SSSR count). The summed E-state index contributed by atoms with van der Waals surface area (Å²) in [5, 5.41) is 13.0. The standard InChI is InChI=1S/C9H17N3O3/c1-3-14-5-4-7-11-9(15-12-7)8(10)6(2)13/h6,8,13H,3-5,10H2,1-2H3. The lowest BCUT2D eigenvalue weighted by atomic mass is 10.2. The molecular formula is C9H17N3O3. The first kappa shape index (κ1) is 12.1. The third-order valence-electron chi connectivity index (χ3n) is 1.96. The largest absolute Gasteiger partial charge is 0.391 e. The van der Waals surface area contributed by atoms with Gasteiger partial charge in [-0.05, 0) is 13.8 Å². The number of ether oxygens (including phenoxy) is 1. The molecule has 1 aromatic rings. The molecule has 0 aliphatic carbocycles. The molecule has 1 aromatic heterocycles. The smallest absolute Gasteiger partial charge is 0.246 e. The molecule has 0 radical (unpaired) electrons. The van der Waals surface area contributed by atoms with Crippen LogP contribution in [0.2, 0.25) is 0 Å². The highest BCUT2D eigenvalue weighted by Gasteiger charge is 2.19. The summed E-state index contributed by atoms with van der Waals surface area (Å²) in [5.41, 5.74) is 5.63. The van der Waals surface area contributed by atoms with Gasteiger partial charge in [0.25, 0.3) is 0 Å². The van der Waals surface area contributed by atoms with Crippen LogP contribution in [0.1, 0.15) is 31.6 Å². The molecule has 3 N–H and O–H groups in total. The minimum absolute atomic E-state index is 0.261. The van der Waals surface area contributed by atoms with E-state index in [-0.39, 0.29) is 5.89 Å². The SMILES string of the molecule is CCOCCc1noc(C(N)C(C)O)n1. The fourth-order valence-corrected chi connectivity index (χ4v) is 1.02. The Morgan fingerprint density at radius 3 is 2.93 bits per heavy atom. The summed E-state index contributed by atoms with van der Waals surface area (Å²) >= 11 is 0. The number of hydrogen-bond acceptors (Lipinski definition) is 6. The normalized spacial score (nSPS) is 15.2. The van der Waals surface area contributed by atoms with Crippen molar-refractivity contribution >= 4 is 0 Å². The van der Waals surface area contributed by atoms with Crippen LogP contribution in [0.4, 0.5) is 0 Å². The van der Waals surface area contributed by atoms with Crippen molar-refractivity contribution in [3.63, 3.8) is 0 Å². The van der Waals surface area contributed by atoms with Gasteiger partial charge >= 0.3 is 0 Å². The van der Waals surface area contributed by atoms with Gasteiger partial charge in [0, 0.05) is 13.0 Å². The first-order valence-corrected chi connectivity index (χ1v) is 4.99. The molecule has 0 fully saturated rings. The highest BCUT2D eigenvalue weighted by molar-refractivity contribution is 4.93. The van der Waals surface area contributed by atoms with Crippen LogP contribution in [-0.4, -0.2) is 34.6 Å². The number of aliphatic hydroxyl groups is 1. The quantitative estimate of drug-likeness (QED) is 0.650. The van der Waals surface area contributed by atoms with E-state index in [1.807, 2.05) is 6.92 Å². The summed E-state index contributed by atoms with van der Waals surface area (Å²) in [5.74, 6) is 0.811. The monoisotopic (exact) mass is 215 g/mol. The summed E-state index contributed by atoms with van der Waals surface area (Å²) in [7, 11) is 0. The Morgan fingerprint density at radius 1 is 1.60 bits per heavy atom. The minimum Gasteiger partial charge on any atom is -0.391 e. The van der Waals surface area contributed by atoms with E-state index in [0.29, 0.717) is 25.5 Å². The van der Waals surface area contributed by atoms with Crippen LogP contribution in [0.15, 0.2) is 4.52 Å². The highest BCUT2D eigenvalue weighted by atomic mass is 16.5. The van der Waals surface area contributed by atoms with Gasteiger partial charge in [0.15, 0.2) is 5.82 Å². The fraction of sp³-hybridized carbons (Fsp3) is 0.778. The van der Waals surface area contributed by atoms with Crippen molar-refractivity contribution in [2.24, 2.45) is 5.73 Å². The van der Waals surface area contributed by atoms with Crippen LogP contribution >= 0.6 is 0 Å². The predicted octanol–water partition coefficient (Wildman–Crippen LogP) is 0.0292. The van der Waals surface area contributed by atoms with Gasteiger partial charge in [-0.25, -0.2) is 0 Å². The summed E-state index contributed by atoms with van der Waals surface area (Å²) in [6, 6.07) is -0.627. The molecule has 0 bridgehead atoms. The number of aromatic nitrogens is 2. The molecule has 0 amide bonds. The molecule has 0 saturated heterocycles. The van der Waals surface area contributed by atoms with Crippen molar-refractivity contribution in [2.75, 3.05) is 13.2 Å². The maximum absolute atomic E-state index is 9.22. The van der Waals surface area contributed by atoms with Crippen LogP contribution in [0.3, 0.4) is 0 Å².